The van der Waals surface area contributed by atoms with Crippen molar-refractivity contribution in [2.75, 3.05) is 37.2 Å². The second-order valence-corrected chi connectivity index (χ2v) is 8.80. The molecular weight excluding hydrogens is 404 g/mol. The number of sulfonamides is 1. The number of ether oxygens (including phenoxy) is 2. The fourth-order valence-corrected chi connectivity index (χ4v) is 4.88. The van der Waals surface area contributed by atoms with Gasteiger partial charge >= 0.3 is 0 Å². The van der Waals surface area contributed by atoms with Crippen molar-refractivity contribution >= 4 is 33.2 Å². The summed E-state index contributed by atoms with van der Waals surface area (Å²) in [4.78, 5) is 14.7. The van der Waals surface area contributed by atoms with Gasteiger partial charge in [-0.05, 0) is 36.4 Å². The third-order valence-corrected chi connectivity index (χ3v) is 6.78. The molecule has 1 fully saturated rings. The minimum absolute atomic E-state index is 0.0990. The molecule has 2 aliphatic heterocycles. The first-order valence-electron chi connectivity index (χ1n) is 8.87. The molecule has 1 amide bonds. The third-order valence-electron chi connectivity index (χ3n) is 4.73. The number of benzene rings is 2. The van der Waals surface area contributed by atoms with Gasteiger partial charge in [0, 0.05) is 18.1 Å². The van der Waals surface area contributed by atoms with Gasteiger partial charge in [0.15, 0.2) is 6.10 Å². The predicted molar refractivity (Wildman–Crippen MR) is 104 cm³/mol. The maximum Gasteiger partial charge on any atom is 0.265 e. The first kappa shape index (κ1) is 19.0. The molecule has 0 unspecified atom stereocenters. The average molecular weight is 423 g/mol. The molecule has 1 saturated heterocycles. The van der Waals surface area contributed by atoms with Crippen molar-refractivity contribution in [3.8, 4) is 5.75 Å². The summed E-state index contributed by atoms with van der Waals surface area (Å²) < 4.78 is 39.0. The lowest BCUT2D eigenvalue weighted by molar-refractivity contribution is -0.142. The lowest BCUT2D eigenvalue weighted by Crippen LogP contribution is -2.54. The fourth-order valence-electron chi connectivity index (χ4n) is 3.28. The number of fused-ring (bicyclic) bond motifs is 1. The molecule has 4 rings (SSSR count). The molecule has 1 atom stereocenters. The number of nitrogens with zero attached hydrogens (tertiary/aromatic N) is 2. The van der Waals surface area contributed by atoms with E-state index in [1.807, 2.05) is 0 Å². The molecule has 2 aromatic carbocycles. The van der Waals surface area contributed by atoms with Crippen molar-refractivity contribution in [1.82, 2.24) is 4.90 Å². The summed E-state index contributed by atoms with van der Waals surface area (Å²) in [5, 5.41) is 0.446. The maximum atomic E-state index is 13.3. The van der Waals surface area contributed by atoms with Crippen molar-refractivity contribution in [3.05, 3.63) is 53.6 Å². The number of amides is 1. The summed E-state index contributed by atoms with van der Waals surface area (Å²) >= 11 is 5.89. The van der Waals surface area contributed by atoms with Gasteiger partial charge in [-0.2, -0.15) is 0 Å². The molecule has 0 aromatic heterocycles. The van der Waals surface area contributed by atoms with Gasteiger partial charge < -0.3 is 14.4 Å². The van der Waals surface area contributed by atoms with E-state index >= 15 is 0 Å². The van der Waals surface area contributed by atoms with E-state index in [4.69, 9.17) is 21.1 Å². The minimum atomic E-state index is -3.89. The number of rotatable bonds is 3. The van der Waals surface area contributed by atoms with Crippen LogP contribution in [0.25, 0.3) is 0 Å². The Balaban J connectivity index is 1.69. The van der Waals surface area contributed by atoms with Gasteiger partial charge in [-0.25, -0.2) is 8.42 Å². The van der Waals surface area contributed by atoms with Crippen LogP contribution in [0.15, 0.2) is 53.4 Å². The Bertz CT molecular complexity index is 974. The second-order valence-electron chi connectivity index (χ2n) is 6.50. The van der Waals surface area contributed by atoms with E-state index in [9.17, 15) is 13.2 Å². The van der Waals surface area contributed by atoms with Crippen LogP contribution in [0.5, 0.6) is 5.75 Å². The summed E-state index contributed by atoms with van der Waals surface area (Å²) in [6.45, 7) is 1.75. The second kappa shape index (κ2) is 7.62. The molecule has 9 heteroatoms. The SMILES string of the molecule is O=C([C@H]1CN(S(=O)(=O)c2ccc(Cl)cc2)c2ccccc2O1)N1CCOCC1. The van der Waals surface area contributed by atoms with Gasteiger partial charge in [0.2, 0.25) is 0 Å². The fraction of sp³-hybridized carbons (Fsp3) is 0.316. The van der Waals surface area contributed by atoms with Crippen LogP contribution in [0.4, 0.5) is 5.69 Å². The summed E-state index contributed by atoms with van der Waals surface area (Å²) in [6, 6.07) is 12.8. The highest BCUT2D eigenvalue weighted by atomic mass is 35.5. The Hall–Kier alpha value is -2.29. The van der Waals surface area contributed by atoms with Gasteiger partial charge in [0.05, 0.1) is 30.3 Å². The van der Waals surface area contributed by atoms with Crippen molar-refractivity contribution in [2.45, 2.75) is 11.0 Å². The minimum Gasteiger partial charge on any atom is -0.476 e. The van der Waals surface area contributed by atoms with E-state index in [1.165, 1.54) is 28.6 Å². The Morgan fingerprint density at radius 1 is 1.04 bits per heavy atom. The van der Waals surface area contributed by atoms with Crippen LogP contribution in [0, 0.1) is 0 Å². The Morgan fingerprint density at radius 2 is 1.71 bits per heavy atom. The number of carbonyl (C=O) groups is 1. The Kier molecular flexibility index (Phi) is 5.18. The largest absolute Gasteiger partial charge is 0.476 e. The van der Waals surface area contributed by atoms with E-state index in [1.54, 1.807) is 29.2 Å². The molecule has 28 heavy (non-hydrogen) atoms. The van der Waals surface area contributed by atoms with Gasteiger partial charge in [-0.1, -0.05) is 23.7 Å². The molecule has 148 valence electrons. The van der Waals surface area contributed by atoms with Crippen LogP contribution in [0.1, 0.15) is 0 Å². The zero-order valence-corrected chi connectivity index (χ0v) is 16.5. The van der Waals surface area contributed by atoms with Crippen LogP contribution in [-0.4, -0.2) is 58.2 Å². The van der Waals surface area contributed by atoms with Crippen LogP contribution in [0.2, 0.25) is 5.02 Å². The molecule has 0 saturated carbocycles. The molecular formula is C19H19ClN2O5S. The van der Waals surface area contributed by atoms with Crippen LogP contribution < -0.4 is 9.04 Å². The number of hydrogen-bond donors (Lipinski definition) is 0. The van der Waals surface area contributed by atoms with Gasteiger partial charge in [-0.15, -0.1) is 0 Å². The summed E-state index contributed by atoms with van der Waals surface area (Å²) in [7, 11) is -3.89. The van der Waals surface area contributed by atoms with Gasteiger partial charge in [0.1, 0.15) is 5.75 Å². The standard InChI is InChI=1S/C19H19ClN2O5S/c20-14-5-7-15(8-6-14)28(24,25)22-13-18(19(23)21-9-11-26-12-10-21)27-17-4-2-1-3-16(17)22/h1-8,18H,9-13H2/t18-/m1/s1. The molecule has 0 spiro atoms. The Labute approximate surface area is 168 Å². The van der Waals surface area contributed by atoms with E-state index in [0.29, 0.717) is 42.8 Å². The van der Waals surface area contributed by atoms with E-state index in [2.05, 4.69) is 0 Å². The highest BCUT2D eigenvalue weighted by Gasteiger charge is 2.39. The van der Waals surface area contributed by atoms with Crippen LogP contribution >= 0.6 is 11.6 Å². The number of hydrogen-bond acceptors (Lipinski definition) is 5. The van der Waals surface area contributed by atoms with Crippen molar-refractivity contribution in [2.24, 2.45) is 0 Å². The van der Waals surface area contributed by atoms with E-state index < -0.39 is 16.1 Å². The number of halogens is 1. The monoisotopic (exact) mass is 422 g/mol. The lowest BCUT2D eigenvalue weighted by atomic mass is 10.2. The average Bonchev–Trinajstić information content (AvgIpc) is 2.73. The molecule has 0 aliphatic carbocycles. The number of carbonyl (C=O) groups excluding carboxylic acids is 1. The number of para-hydroxylation sites is 2. The number of anilines is 1. The summed E-state index contributed by atoms with van der Waals surface area (Å²) in [6.07, 6.45) is -0.921. The molecule has 0 bridgehead atoms. The summed E-state index contributed by atoms with van der Waals surface area (Å²) in [5.74, 6) is 0.118. The topological polar surface area (TPSA) is 76.2 Å². The zero-order chi connectivity index (χ0) is 19.7. The predicted octanol–water partition coefficient (Wildman–Crippen LogP) is 2.16. The van der Waals surface area contributed by atoms with E-state index in [-0.39, 0.29) is 17.3 Å². The van der Waals surface area contributed by atoms with Gasteiger partial charge in [0.25, 0.3) is 15.9 Å². The van der Waals surface area contributed by atoms with Gasteiger partial charge in [-0.3, -0.25) is 9.10 Å². The van der Waals surface area contributed by atoms with E-state index in [0.717, 1.165) is 0 Å². The Morgan fingerprint density at radius 3 is 2.43 bits per heavy atom. The highest BCUT2D eigenvalue weighted by Crippen LogP contribution is 2.37. The third kappa shape index (κ3) is 3.55. The molecule has 0 N–H and O–H groups in total. The van der Waals surface area contributed by atoms with Crippen molar-refractivity contribution in [3.63, 3.8) is 0 Å². The van der Waals surface area contributed by atoms with Crippen LogP contribution in [0.3, 0.4) is 0 Å². The van der Waals surface area contributed by atoms with Crippen molar-refractivity contribution < 1.29 is 22.7 Å². The molecule has 2 heterocycles. The molecule has 0 radical (unpaired) electrons. The first-order valence-corrected chi connectivity index (χ1v) is 10.7. The smallest absolute Gasteiger partial charge is 0.265 e. The maximum absolute atomic E-state index is 13.3. The summed E-state index contributed by atoms with van der Waals surface area (Å²) in [5.41, 5.74) is 0.406. The molecule has 2 aromatic rings. The normalized spacial score (nSPS) is 19.7. The van der Waals surface area contributed by atoms with Crippen LogP contribution in [-0.2, 0) is 19.6 Å². The highest BCUT2D eigenvalue weighted by molar-refractivity contribution is 7.92. The molecule has 7 nitrogen and oxygen atoms in total. The number of morpholine rings is 1. The zero-order valence-electron chi connectivity index (χ0n) is 15.0. The van der Waals surface area contributed by atoms with Crippen molar-refractivity contribution in [1.29, 1.82) is 0 Å². The lowest BCUT2D eigenvalue weighted by Gasteiger charge is -2.37. The molecule has 2 aliphatic rings. The quantitative estimate of drug-likeness (QED) is 0.757. The first-order chi connectivity index (χ1) is 13.5.